The number of nitrogens with zero attached hydrogens (tertiary/aromatic N) is 1. The van der Waals surface area contributed by atoms with Crippen molar-refractivity contribution in [2.75, 3.05) is 18.8 Å². The predicted octanol–water partition coefficient (Wildman–Crippen LogP) is 0.845. The van der Waals surface area contributed by atoms with E-state index in [4.69, 9.17) is 10.4 Å². The van der Waals surface area contributed by atoms with Gasteiger partial charge >= 0.3 is 6.18 Å². The van der Waals surface area contributed by atoms with E-state index in [1.165, 1.54) is 24.3 Å². The van der Waals surface area contributed by atoms with Crippen LogP contribution in [-0.2, 0) is 9.84 Å². The van der Waals surface area contributed by atoms with Gasteiger partial charge in [0.15, 0.2) is 15.9 Å². The third-order valence-electron chi connectivity index (χ3n) is 2.61. The molecule has 1 rings (SSSR count). The average molecular weight is 322 g/mol. The van der Waals surface area contributed by atoms with E-state index in [0.29, 0.717) is 5.56 Å². The van der Waals surface area contributed by atoms with Crippen LogP contribution < -0.4 is 5.32 Å². The first-order valence-corrected chi connectivity index (χ1v) is 7.50. The maximum atomic E-state index is 12.0. The minimum atomic E-state index is -4.74. The largest absolute Gasteiger partial charge is 0.415 e. The lowest BCUT2D eigenvalue weighted by molar-refractivity contribution is -0.201. The summed E-state index contributed by atoms with van der Waals surface area (Å²) in [6, 6.07) is 7.05. The van der Waals surface area contributed by atoms with Gasteiger partial charge in [-0.3, -0.25) is 0 Å². The summed E-state index contributed by atoms with van der Waals surface area (Å²) in [7, 11) is -3.65. The molecule has 0 heterocycles. The fourth-order valence-corrected chi connectivity index (χ4v) is 2.62. The molecule has 116 valence electrons. The van der Waals surface area contributed by atoms with Crippen LogP contribution in [0.15, 0.2) is 29.2 Å². The molecule has 0 aliphatic carbocycles. The Hall–Kier alpha value is -1.63. The van der Waals surface area contributed by atoms with E-state index in [-0.39, 0.29) is 11.4 Å². The van der Waals surface area contributed by atoms with Crippen LogP contribution in [0.25, 0.3) is 0 Å². The van der Waals surface area contributed by atoms with Crippen molar-refractivity contribution in [3.05, 3.63) is 29.8 Å². The van der Waals surface area contributed by atoms with Crippen molar-refractivity contribution < 1.29 is 26.7 Å². The van der Waals surface area contributed by atoms with E-state index < -0.39 is 34.4 Å². The fraction of sp³-hybridized carbons (Fsp3) is 0.417. The maximum absolute atomic E-state index is 12.0. The molecule has 0 bridgehead atoms. The zero-order chi connectivity index (χ0) is 16.1. The molecule has 0 aromatic heterocycles. The van der Waals surface area contributed by atoms with Crippen LogP contribution in [0.3, 0.4) is 0 Å². The number of benzene rings is 1. The van der Waals surface area contributed by atoms with Gasteiger partial charge in [0.25, 0.3) is 0 Å². The summed E-state index contributed by atoms with van der Waals surface area (Å²) < 4.78 is 59.8. The zero-order valence-corrected chi connectivity index (χ0v) is 11.6. The lowest BCUT2D eigenvalue weighted by Crippen LogP contribution is -2.39. The molecule has 1 aromatic rings. The van der Waals surface area contributed by atoms with Crippen molar-refractivity contribution in [3.63, 3.8) is 0 Å². The highest BCUT2D eigenvalue weighted by Gasteiger charge is 2.37. The highest BCUT2D eigenvalue weighted by molar-refractivity contribution is 7.91. The highest BCUT2D eigenvalue weighted by Crippen LogP contribution is 2.19. The molecule has 0 fully saturated rings. The highest BCUT2D eigenvalue weighted by atomic mass is 32.2. The Morgan fingerprint density at radius 2 is 1.86 bits per heavy atom. The van der Waals surface area contributed by atoms with Crippen LogP contribution in [0.5, 0.6) is 0 Å². The predicted molar refractivity (Wildman–Crippen MR) is 68.1 cm³/mol. The monoisotopic (exact) mass is 322 g/mol. The number of nitrogens with one attached hydrogen (secondary N) is 1. The van der Waals surface area contributed by atoms with Crippen molar-refractivity contribution in [2.24, 2.45) is 0 Å². The van der Waals surface area contributed by atoms with Gasteiger partial charge in [0, 0.05) is 13.1 Å². The molecule has 0 saturated carbocycles. The minimum Gasteiger partial charge on any atom is -0.382 e. The number of hydrogen-bond donors (Lipinski definition) is 2. The van der Waals surface area contributed by atoms with E-state index in [1.807, 2.05) is 6.07 Å². The molecule has 5 nitrogen and oxygen atoms in total. The van der Waals surface area contributed by atoms with Gasteiger partial charge in [0.05, 0.1) is 22.3 Å². The topological polar surface area (TPSA) is 90.2 Å². The Bertz CT molecular complexity index is 606. The Balaban J connectivity index is 2.52. The van der Waals surface area contributed by atoms with Crippen LogP contribution in [-0.4, -0.2) is 44.6 Å². The van der Waals surface area contributed by atoms with E-state index >= 15 is 0 Å². The second-order valence-electron chi connectivity index (χ2n) is 4.22. The Labute approximate surface area is 119 Å². The van der Waals surface area contributed by atoms with Crippen molar-refractivity contribution >= 4 is 9.84 Å². The maximum Gasteiger partial charge on any atom is 0.415 e. The number of aliphatic hydroxyl groups excluding tert-OH is 1. The Kier molecular flexibility index (Phi) is 5.71. The molecular formula is C12H13F3N2O3S. The summed E-state index contributed by atoms with van der Waals surface area (Å²) in [6.45, 7) is -0.998. The molecule has 9 heteroatoms. The van der Waals surface area contributed by atoms with Gasteiger partial charge in [-0.15, -0.1) is 0 Å². The van der Waals surface area contributed by atoms with Gasteiger partial charge in [-0.1, -0.05) is 0 Å². The van der Waals surface area contributed by atoms with Gasteiger partial charge in [0.2, 0.25) is 0 Å². The number of sulfone groups is 1. The van der Waals surface area contributed by atoms with Crippen molar-refractivity contribution in [1.29, 1.82) is 5.26 Å². The molecule has 1 atom stereocenters. The Morgan fingerprint density at radius 3 is 2.33 bits per heavy atom. The molecular weight excluding hydrogens is 309 g/mol. The van der Waals surface area contributed by atoms with E-state index in [2.05, 4.69) is 5.32 Å². The van der Waals surface area contributed by atoms with Crippen LogP contribution in [0.1, 0.15) is 5.56 Å². The second-order valence-corrected chi connectivity index (χ2v) is 6.33. The molecule has 21 heavy (non-hydrogen) atoms. The SMILES string of the molecule is N#Cc1ccc(S(=O)(=O)CCNCC(O)C(F)(F)F)cc1. The quantitative estimate of drug-likeness (QED) is 0.758. The number of nitriles is 1. The molecule has 1 unspecified atom stereocenters. The van der Waals surface area contributed by atoms with Gasteiger partial charge < -0.3 is 10.4 Å². The van der Waals surface area contributed by atoms with Gasteiger partial charge in [-0.05, 0) is 24.3 Å². The minimum absolute atomic E-state index is 0.0142. The summed E-state index contributed by atoms with van der Waals surface area (Å²) in [5.41, 5.74) is 0.306. The molecule has 0 aliphatic heterocycles. The molecule has 0 amide bonds. The third kappa shape index (κ3) is 5.34. The van der Waals surface area contributed by atoms with E-state index in [1.54, 1.807) is 0 Å². The molecule has 0 radical (unpaired) electrons. The molecule has 0 aliphatic rings. The smallest absolute Gasteiger partial charge is 0.382 e. The molecule has 0 saturated heterocycles. The Morgan fingerprint density at radius 1 is 1.29 bits per heavy atom. The summed E-state index contributed by atoms with van der Waals surface area (Å²) >= 11 is 0. The first-order valence-electron chi connectivity index (χ1n) is 5.85. The second kappa shape index (κ2) is 6.89. The zero-order valence-electron chi connectivity index (χ0n) is 10.8. The van der Waals surface area contributed by atoms with Crippen LogP contribution in [0, 0.1) is 11.3 Å². The number of aliphatic hydroxyl groups is 1. The van der Waals surface area contributed by atoms with Crippen LogP contribution in [0.4, 0.5) is 13.2 Å². The number of alkyl halides is 3. The molecule has 0 spiro atoms. The first kappa shape index (κ1) is 17.4. The standard InChI is InChI=1S/C12H13F3N2O3S/c13-12(14,15)11(18)8-17-5-6-21(19,20)10-3-1-9(7-16)2-4-10/h1-4,11,17-18H,5-6,8H2. The summed E-state index contributed by atoms with van der Waals surface area (Å²) in [6.07, 6.45) is -7.27. The average Bonchev–Trinajstić information content (AvgIpc) is 2.42. The van der Waals surface area contributed by atoms with Crippen LogP contribution >= 0.6 is 0 Å². The normalized spacial score (nSPS) is 13.7. The van der Waals surface area contributed by atoms with E-state index in [0.717, 1.165) is 0 Å². The number of hydrogen-bond acceptors (Lipinski definition) is 5. The van der Waals surface area contributed by atoms with Gasteiger partial charge in [-0.25, -0.2) is 8.42 Å². The summed E-state index contributed by atoms with van der Waals surface area (Å²) in [5.74, 6) is -0.413. The van der Waals surface area contributed by atoms with E-state index in [9.17, 15) is 21.6 Å². The number of rotatable bonds is 6. The van der Waals surface area contributed by atoms with Crippen molar-refractivity contribution in [1.82, 2.24) is 5.32 Å². The van der Waals surface area contributed by atoms with Gasteiger partial charge in [0.1, 0.15) is 0 Å². The van der Waals surface area contributed by atoms with Crippen molar-refractivity contribution in [2.45, 2.75) is 17.2 Å². The molecule has 2 N–H and O–H groups in total. The van der Waals surface area contributed by atoms with Crippen LogP contribution in [0.2, 0.25) is 0 Å². The number of halogens is 3. The lowest BCUT2D eigenvalue weighted by atomic mass is 10.2. The summed E-state index contributed by atoms with van der Waals surface area (Å²) in [4.78, 5) is -0.0142. The van der Waals surface area contributed by atoms with Crippen molar-refractivity contribution in [3.8, 4) is 6.07 Å². The van der Waals surface area contributed by atoms with Gasteiger partial charge in [-0.2, -0.15) is 18.4 Å². The third-order valence-corrected chi connectivity index (χ3v) is 4.34. The fourth-order valence-electron chi connectivity index (χ4n) is 1.42. The first-order chi connectivity index (χ1) is 9.66. The lowest BCUT2D eigenvalue weighted by Gasteiger charge is -2.15. The molecule has 1 aromatic carbocycles. The summed E-state index contributed by atoms with van der Waals surface area (Å²) in [5, 5.41) is 19.6.